The maximum Gasteiger partial charge on any atom is 0.340 e. The van der Waals surface area contributed by atoms with Crippen LogP contribution in [0.15, 0.2) is 23.7 Å². The number of carbonyl (C=O) groups excluding carboxylic acids is 2. The molecule has 0 spiro atoms. The summed E-state index contributed by atoms with van der Waals surface area (Å²) in [4.78, 5) is 30.9. The third kappa shape index (κ3) is 3.82. The van der Waals surface area contributed by atoms with Crippen molar-refractivity contribution in [1.29, 1.82) is 0 Å². The van der Waals surface area contributed by atoms with Crippen LogP contribution in [0.3, 0.4) is 0 Å². The minimum Gasteiger partial charge on any atom is -0.453 e. The highest BCUT2D eigenvalue weighted by atomic mass is 32.1. The second-order valence-corrected chi connectivity index (χ2v) is 8.87. The van der Waals surface area contributed by atoms with Gasteiger partial charge in [-0.1, -0.05) is 13.8 Å². The second kappa shape index (κ2) is 7.64. The molecule has 1 saturated heterocycles. The van der Waals surface area contributed by atoms with E-state index in [1.165, 1.54) is 0 Å². The van der Waals surface area contributed by atoms with Crippen molar-refractivity contribution in [2.24, 2.45) is 5.92 Å². The van der Waals surface area contributed by atoms with Gasteiger partial charge in [-0.05, 0) is 62.3 Å². The summed E-state index contributed by atoms with van der Waals surface area (Å²) in [6.45, 7) is 11.6. The molecule has 1 aliphatic rings. The highest BCUT2D eigenvalue weighted by Crippen LogP contribution is 2.30. The van der Waals surface area contributed by atoms with Crippen LogP contribution in [-0.4, -0.2) is 22.4 Å². The van der Waals surface area contributed by atoms with Gasteiger partial charge >= 0.3 is 5.97 Å². The first-order valence-electron chi connectivity index (χ1n) is 9.43. The molecule has 6 nitrogen and oxygen atoms in total. The maximum absolute atomic E-state index is 12.9. The van der Waals surface area contributed by atoms with Gasteiger partial charge in [-0.3, -0.25) is 15.1 Å². The zero-order valence-electron chi connectivity index (χ0n) is 17.1. The Labute approximate surface area is 169 Å². The van der Waals surface area contributed by atoms with Crippen molar-refractivity contribution in [3.05, 3.63) is 51.0 Å². The summed E-state index contributed by atoms with van der Waals surface area (Å²) in [5, 5.41) is 8.27. The highest BCUT2D eigenvalue weighted by molar-refractivity contribution is 7.10. The molecule has 3 atom stereocenters. The minimum atomic E-state index is -0.722. The molecule has 3 rings (SSSR count). The maximum atomic E-state index is 12.9. The fourth-order valence-electron chi connectivity index (χ4n) is 3.17. The number of ether oxygens (including phenoxy) is 1. The predicted octanol–water partition coefficient (Wildman–Crippen LogP) is 3.81. The lowest BCUT2D eigenvalue weighted by Crippen LogP contribution is -2.48. The lowest BCUT2D eigenvalue weighted by Gasteiger charge is -2.26. The van der Waals surface area contributed by atoms with Crippen LogP contribution in [0.5, 0.6) is 0 Å². The Hall–Kier alpha value is -2.25. The fourth-order valence-corrected chi connectivity index (χ4v) is 4.05. The molecule has 7 heteroatoms. The van der Waals surface area contributed by atoms with Gasteiger partial charge < -0.3 is 10.1 Å². The molecular formula is C21H27N3O3S. The molecule has 2 aromatic heterocycles. The second-order valence-electron chi connectivity index (χ2n) is 7.93. The van der Waals surface area contributed by atoms with Gasteiger partial charge in [-0.25, -0.2) is 4.79 Å². The van der Waals surface area contributed by atoms with E-state index < -0.39 is 17.7 Å². The Bertz CT molecular complexity index is 908. The van der Waals surface area contributed by atoms with Gasteiger partial charge in [-0.2, -0.15) is 0 Å². The van der Waals surface area contributed by atoms with Gasteiger partial charge in [0.1, 0.15) is 12.3 Å². The molecule has 0 aliphatic carbocycles. The Kier molecular flexibility index (Phi) is 5.59. The average Bonchev–Trinajstić information content (AvgIpc) is 3.19. The summed E-state index contributed by atoms with van der Waals surface area (Å²) in [7, 11) is 0. The normalized spacial score (nSPS) is 23.0. The molecule has 28 heavy (non-hydrogen) atoms. The molecule has 3 heterocycles. The number of pyridine rings is 1. The smallest absolute Gasteiger partial charge is 0.340 e. The molecule has 2 aromatic rings. The molecular weight excluding hydrogens is 374 g/mol. The fraction of sp³-hybridized carbons (Fsp3) is 0.476. The van der Waals surface area contributed by atoms with Crippen LogP contribution >= 0.6 is 11.3 Å². The van der Waals surface area contributed by atoms with E-state index in [-0.39, 0.29) is 17.9 Å². The van der Waals surface area contributed by atoms with Crippen LogP contribution in [0, 0.1) is 19.8 Å². The highest BCUT2D eigenvalue weighted by Gasteiger charge is 2.46. The number of thiophene rings is 1. The first-order chi connectivity index (χ1) is 13.1. The van der Waals surface area contributed by atoms with Crippen molar-refractivity contribution in [3.8, 4) is 0 Å². The van der Waals surface area contributed by atoms with E-state index in [2.05, 4.69) is 15.6 Å². The molecule has 0 saturated carbocycles. The molecule has 0 aromatic carbocycles. The van der Waals surface area contributed by atoms with Crippen molar-refractivity contribution in [3.63, 3.8) is 0 Å². The van der Waals surface area contributed by atoms with Crippen molar-refractivity contribution in [2.75, 3.05) is 0 Å². The van der Waals surface area contributed by atoms with Crippen LogP contribution in [0.25, 0.3) is 0 Å². The molecule has 2 N–H and O–H groups in total. The summed E-state index contributed by atoms with van der Waals surface area (Å²) in [5.41, 5.74) is 2.12. The van der Waals surface area contributed by atoms with Crippen LogP contribution in [0.1, 0.15) is 72.0 Å². The molecule has 3 unspecified atom stereocenters. The molecule has 0 bridgehead atoms. The van der Waals surface area contributed by atoms with Gasteiger partial charge in [-0.15, -0.1) is 11.3 Å². The standard InChI is InChI=1S/C21H27N3O3S/c1-11(2)21(6)20(26)23-18(24-21)17-15(7-12(3)9-22-17)19(25)27-14(5)16-8-13(4)10-28-16/h7-11,14,18,24H,1-6H3,(H,23,26). The number of nitrogens with one attached hydrogen (secondary N) is 2. The van der Waals surface area contributed by atoms with E-state index in [0.717, 1.165) is 16.0 Å². The van der Waals surface area contributed by atoms with E-state index in [0.29, 0.717) is 11.3 Å². The summed E-state index contributed by atoms with van der Waals surface area (Å²) in [6, 6.07) is 3.78. The van der Waals surface area contributed by atoms with Crippen molar-refractivity contribution >= 4 is 23.2 Å². The summed E-state index contributed by atoms with van der Waals surface area (Å²) in [5.74, 6) is -0.462. The Morgan fingerprint density at radius 2 is 1.96 bits per heavy atom. The minimum absolute atomic E-state index is 0.0837. The summed E-state index contributed by atoms with van der Waals surface area (Å²) in [6.07, 6.45) is 0.797. The quantitative estimate of drug-likeness (QED) is 0.745. The number of rotatable bonds is 5. The zero-order valence-corrected chi connectivity index (χ0v) is 17.9. The number of esters is 1. The number of aryl methyl sites for hydroxylation is 2. The Morgan fingerprint density at radius 1 is 1.25 bits per heavy atom. The van der Waals surface area contributed by atoms with Gasteiger partial charge in [0.2, 0.25) is 5.91 Å². The third-order valence-electron chi connectivity index (χ3n) is 5.33. The van der Waals surface area contributed by atoms with Crippen molar-refractivity contribution in [2.45, 2.75) is 59.4 Å². The van der Waals surface area contributed by atoms with E-state index in [1.807, 2.05) is 53.0 Å². The lowest BCUT2D eigenvalue weighted by molar-refractivity contribution is -0.125. The molecule has 1 fully saturated rings. The SMILES string of the molecule is Cc1csc(C(C)OC(=O)c2cc(C)cnc2C2NC(=O)C(C)(C(C)C)N2)c1. The van der Waals surface area contributed by atoms with Crippen molar-refractivity contribution < 1.29 is 14.3 Å². The predicted molar refractivity (Wildman–Crippen MR) is 109 cm³/mol. The molecule has 150 valence electrons. The zero-order chi connectivity index (χ0) is 20.6. The first-order valence-corrected chi connectivity index (χ1v) is 10.3. The molecule has 0 radical (unpaired) electrons. The van der Waals surface area contributed by atoms with Crippen LogP contribution in [-0.2, 0) is 9.53 Å². The first kappa shape index (κ1) is 20.5. The van der Waals surface area contributed by atoms with Gasteiger partial charge in [0, 0.05) is 11.1 Å². The molecule has 1 aliphatic heterocycles. The average molecular weight is 402 g/mol. The van der Waals surface area contributed by atoms with Gasteiger partial charge in [0.05, 0.1) is 16.8 Å². The monoisotopic (exact) mass is 401 g/mol. The molecule has 1 amide bonds. The summed E-state index contributed by atoms with van der Waals surface area (Å²) < 4.78 is 5.71. The van der Waals surface area contributed by atoms with E-state index in [9.17, 15) is 9.59 Å². The van der Waals surface area contributed by atoms with Gasteiger partial charge in [0.15, 0.2) is 0 Å². The van der Waals surface area contributed by atoms with Crippen LogP contribution < -0.4 is 10.6 Å². The van der Waals surface area contributed by atoms with Gasteiger partial charge in [0.25, 0.3) is 0 Å². The Morgan fingerprint density at radius 3 is 2.54 bits per heavy atom. The van der Waals surface area contributed by atoms with E-state index >= 15 is 0 Å². The van der Waals surface area contributed by atoms with Crippen LogP contribution in [0.4, 0.5) is 0 Å². The topological polar surface area (TPSA) is 80.3 Å². The van der Waals surface area contributed by atoms with Crippen LogP contribution in [0.2, 0.25) is 0 Å². The largest absolute Gasteiger partial charge is 0.453 e. The third-order valence-corrected chi connectivity index (χ3v) is 6.54. The number of carbonyl (C=O) groups is 2. The number of aromatic nitrogens is 1. The number of hydrogen-bond acceptors (Lipinski definition) is 6. The number of amides is 1. The number of hydrogen-bond donors (Lipinski definition) is 2. The van der Waals surface area contributed by atoms with Crippen molar-refractivity contribution in [1.82, 2.24) is 15.6 Å². The van der Waals surface area contributed by atoms with E-state index in [4.69, 9.17) is 4.74 Å². The summed E-state index contributed by atoms with van der Waals surface area (Å²) >= 11 is 1.57. The lowest BCUT2D eigenvalue weighted by atomic mass is 9.89. The van der Waals surface area contributed by atoms with E-state index in [1.54, 1.807) is 23.6 Å². The Balaban J connectivity index is 1.87. The number of nitrogens with zero attached hydrogens (tertiary/aromatic N) is 1.